The maximum Gasteiger partial charge on any atom is 0.224 e. The topological polar surface area (TPSA) is 56.8 Å². The van der Waals surface area contributed by atoms with Crippen LogP contribution < -0.4 is 19.5 Å². The van der Waals surface area contributed by atoms with Crippen LogP contribution in [-0.4, -0.2) is 33.8 Å². The van der Waals surface area contributed by atoms with Gasteiger partial charge in [0.05, 0.1) is 32.2 Å². The molecule has 19 heavy (non-hydrogen) atoms. The Kier molecular flexibility index (Phi) is 4.19. The molecule has 0 atom stereocenters. The molecule has 1 aromatic rings. The summed E-state index contributed by atoms with van der Waals surface area (Å²) in [6, 6.07) is 0. The maximum atomic E-state index is 11.7. The fourth-order valence-corrected chi connectivity index (χ4v) is 3.05. The van der Waals surface area contributed by atoms with E-state index in [1.165, 1.54) is 0 Å². The highest BCUT2D eigenvalue weighted by atomic mass is 79.9. The lowest BCUT2D eigenvalue weighted by Gasteiger charge is -2.20. The van der Waals surface area contributed by atoms with E-state index >= 15 is 0 Å². The number of halogens is 1. The largest absolute Gasteiger partial charge is 0.492 e. The van der Waals surface area contributed by atoms with Gasteiger partial charge in [0.1, 0.15) is 0 Å². The lowest BCUT2D eigenvalue weighted by molar-refractivity contribution is -0.120. The first-order valence-corrected chi connectivity index (χ1v) is 6.69. The summed E-state index contributed by atoms with van der Waals surface area (Å²) in [4.78, 5) is 11.7. The summed E-state index contributed by atoms with van der Waals surface area (Å²) in [6.07, 6.45) is 0.996. The van der Waals surface area contributed by atoms with Gasteiger partial charge in [-0.2, -0.15) is 0 Å². The highest BCUT2D eigenvalue weighted by Gasteiger charge is 2.27. The number of carbonyl (C=O) groups excluding carboxylic acids is 1. The van der Waals surface area contributed by atoms with Gasteiger partial charge in [0.2, 0.25) is 11.7 Å². The van der Waals surface area contributed by atoms with Crippen LogP contribution in [0.4, 0.5) is 0 Å². The lowest BCUT2D eigenvalue weighted by Crippen LogP contribution is -2.24. The first-order valence-electron chi connectivity index (χ1n) is 5.89. The number of carbonyl (C=O) groups is 1. The fourth-order valence-electron chi connectivity index (χ4n) is 2.33. The number of hydrogen-bond acceptors (Lipinski definition) is 4. The quantitative estimate of drug-likeness (QED) is 0.916. The van der Waals surface area contributed by atoms with Crippen LogP contribution in [0.5, 0.6) is 17.2 Å². The van der Waals surface area contributed by atoms with Gasteiger partial charge < -0.3 is 19.5 Å². The van der Waals surface area contributed by atoms with Crippen molar-refractivity contribution in [3.63, 3.8) is 0 Å². The zero-order valence-electron chi connectivity index (χ0n) is 11.1. The van der Waals surface area contributed by atoms with E-state index in [0.29, 0.717) is 36.6 Å². The number of rotatable bonds is 3. The first kappa shape index (κ1) is 14.0. The molecule has 6 heteroatoms. The molecule has 0 unspecified atom stereocenters. The second-order valence-electron chi connectivity index (χ2n) is 4.15. The average molecular weight is 330 g/mol. The Labute approximate surface area is 120 Å². The lowest BCUT2D eigenvalue weighted by atomic mass is 10.00. The van der Waals surface area contributed by atoms with E-state index in [1.54, 1.807) is 21.3 Å². The van der Waals surface area contributed by atoms with Crippen molar-refractivity contribution in [1.82, 2.24) is 5.32 Å². The molecule has 0 fully saturated rings. The molecule has 0 bridgehead atoms. The Morgan fingerprint density at radius 2 is 1.63 bits per heavy atom. The van der Waals surface area contributed by atoms with Gasteiger partial charge in [-0.3, -0.25) is 4.79 Å². The van der Waals surface area contributed by atoms with Crippen LogP contribution in [0, 0.1) is 0 Å². The van der Waals surface area contributed by atoms with E-state index in [4.69, 9.17) is 14.2 Å². The summed E-state index contributed by atoms with van der Waals surface area (Å²) >= 11 is 3.50. The molecule has 1 N–H and O–H groups in total. The minimum absolute atomic E-state index is 0.00581. The van der Waals surface area contributed by atoms with Crippen molar-refractivity contribution in [2.45, 2.75) is 12.8 Å². The van der Waals surface area contributed by atoms with Crippen molar-refractivity contribution in [2.24, 2.45) is 0 Å². The fraction of sp³-hybridized carbons (Fsp3) is 0.462. The van der Waals surface area contributed by atoms with E-state index in [-0.39, 0.29) is 5.91 Å². The van der Waals surface area contributed by atoms with Crippen LogP contribution in [0.25, 0.3) is 0 Å². The van der Waals surface area contributed by atoms with Crippen LogP contribution >= 0.6 is 15.9 Å². The van der Waals surface area contributed by atoms with Gasteiger partial charge in [0, 0.05) is 12.1 Å². The summed E-state index contributed by atoms with van der Waals surface area (Å²) in [6.45, 7) is 0.587. The number of fused-ring (bicyclic) bond motifs is 1. The molecule has 104 valence electrons. The SMILES string of the molecule is COc1c(Br)c2c(c(OC)c1OC)CCNC(=O)C2. The number of hydrogen-bond donors (Lipinski definition) is 1. The molecule has 0 spiro atoms. The van der Waals surface area contributed by atoms with Gasteiger partial charge in [-0.1, -0.05) is 0 Å². The van der Waals surface area contributed by atoms with Crippen LogP contribution in [-0.2, 0) is 17.6 Å². The minimum Gasteiger partial charge on any atom is -0.492 e. The summed E-state index contributed by atoms with van der Waals surface area (Å²) in [5, 5.41) is 2.85. The van der Waals surface area contributed by atoms with Gasteiger partial charge in [-0.25, -0.2) is 0 Å². The van der Waals surface area contributed by atoms with Crippen molar-refractivity contribution in [2.75, 3.05) is 27.9 Å². The van der Waals surface area contributed by atoms with Crippen molar-refractivity contribution in [1.29, 1.82) is 0 Å². The molecule has 1 aliphatic heterocycles. The Balaban J connectivity index is 2.73. The van der Waals surface area contributed by atoms with E-state index < -0.39 is 0 Å². The molecular formula is C13H16BrNO4. The summed E-state index contributed by atoms with van der Waals surface area (Å²) in [7, 11) is 4.72. The summed E-state index contributed by atoms with van der Waals surface area (Å²) < 4.78 is 17.0. The average Bonchev–Trinajstić information content (AvgIpc) is 2.60. The van der Waals surface area contributed by atoms with Crippen LogP contribution in [0.1, 0.15) is 11.1 Å². The van der Waals surface area contributed by atoms with Gasteiger partial charge in [-0.15, -0.1) is 0 Å². The molecule has 1 aromatic carbocycles. The van der Waals surface area contributed by atoms with Gasteiger partial charge in [0.25, 0.3) is 0 Å². The second kappa shape index (κ2) is 5.69. The molecule has 1 aliphatic rings. The number of amides is 1. The van der Waals surface area contributed by atoms with Crippen molar-refractivity contribution in [3.05, 3.63) is 15.6 Å². The predicted octanol–water partition coefficient (Wildman–Crippen LogP) is 1.69. The predicted molar refractivity (Wildman–Crippen MR) is 74.2 cm³/mol. The summed E-state index contributed by atoms with van der Waals surface area (Å²) in [5.41, 5.74) is 1.87. The highest BCUT2D eigenvalue weighted by molar-refractivity contribution is 9.10. The Morgan fingerprint density at radius 3 is 2.21 bits per heavy atom. The molecule has 0 saturated heterocycles. The number of methoxy groups -OCH3 is 3. The molecule has 1 heterocycles. The molecule has 0 radical (unpaired) electrons. The number of nitrogens with one attached hydrogen (secondary N) is 1. The van der Waals surface area contributed by atoms with Gasteiger partial charge in [-0.05, 0) is 27.9 Å². The van der Waals surface area contributed by atoms with Crippen LogP contribution in [0.2, 0.25) is 0 Å². The highest BCUT2D eigenvalue weighted by Crippen LogP contribution is 2.48. The smallest absolute Gasteiger partial charge is 0.224 e. The first-order chi connectivity index (χ1) is 9.13. The van der Waals surface area contributed by atoms with Gasteiger partial charge in [0.15, 0.2) is 11.5 Å². The zero-order valence-corrected chi connectivity index (χ0v) is 12.7. The molecule has 5 nitrogen and oxygen atoms in total. The summed E-state index contributed by atoms with van der Waals surface area (Å²) in [5.74, 6) is 1.72. The third-order valence-corrected chi connectivity index (χ3v) is 4.00. The molecule has 2 rings (SSSR count). The standard InChI is InChI=1S/C13H16BrNO4/c1-17-11-7-4-5-15-9(16)6-8(7)10(14)12(18-2)13(11)19-3/h4-6H2,1-3H3,(H,15,16). The van der Waals surface area contributed by atoms with E-state index in [1.807, 2.05) is 0 Å². The van der Waals surface area contributed by atoms with E-state index in [0.717, 1.165) is 15.6 Å². The minimum atomic E-state index is -0.00581. The van der Waals surface area contributed by atoms with E-state index in [2.05, 4.69) is 21.2 Å². The monoisotopic (exact) mass is 329 g/mol. The molecule has 0 aromatic heterocycles. The van der Waals surface area contributed by atoms with E-state index in [9.17, 15) is 4.79 Å². The molecular weight excluding hydrogens is 314 g/mol. The van der Waals surface area contributed by atoms with Crippen molar-refractivity contribution in [3.8, 4) is 17.2 Å². The van der Waals surface area contributed by atoms with Crippen molar-refractivity contribution >= 4 is 21.8 Å². The Bertz CT molecular complexity index is 516. The zero-order chi connectivity index (χ0) is 14.0. The van der Waals surface area contributed by atoms with Gasteiger partial charge >= 0.3 is 0 Å². The number of ether oxygens (including phenoxy) is 3. The normalized spacial score (nSPS) is 14.2. The Hall–Kier alpha value is -1.43. The maximum absolute atomic E-state index is 11.7. The third kappa shape index (κ3) is 2.36. The molecule has 0 aliphatic carbocycles. The molecule has 1 amide bonds. The van der Waals surface area contributed by atoms with Crippen LogP contribution in [0.3, 0.4) is 0 Å². The second-order valence-corrected chi connectivity index (χ2v) is 4.94. The van der Waals surface area contributed by atoms with Crippen molar-refractivity contribution < 1.29 is 19.0 Å². The third-order valence-electron chi connectivity index (χ3n) is 3.16. The Morgan fingerprint density at radius 1 is 1.00 bits per heavy atom. The number of benzene rings is 1. The molecule has 0 saturated carbocycles. The van der Waals surface area contributed by atoms with Crippen LogP contribution in [0.15, 0.2) is 4.47 Å².